The molecule has 0 amide bonds. The maximum absolute atomic E-state index is 12.3. The molecule has 3 nitrogen and oxygen atoms in total. The first-order valence-corrected chi connectivity index (χ1v) is 7.45. The summed E-state index contributed by atoms with van der Waals surface area (Å²) >= 11 is 0. The van der Waals surface area contributed by atoms with Crippen LogP contribution in [0.25, 0.3) is 0 Å². The van der Waals surface area contributed by atoms with Crippen LogP contribution >= 0.6 is 0 Å². The molecule has 2 aromatic rings. The molecule has 1 aromatic carbocycles. The normalized spacial score (nSPS) is 11.9. The van der Waals surface area contributed by atoms with Crippen molar-refractivity contribution in [2.75, 3.05) is 0 Å². The van der Waals surface area contributed by atoms with E-state index in [1.807, 2.05) is 41.2 Å². The molecule has 21 heavy (non-hydrogen) atoms. The van der Waals surface area contributed by atoms with E-state index >= 15 is 0 Å². The molecule has 0 spiro atoms. The lowest BCUT2D eigenvalue weighted by Crippen LogP contribution is -2.12. The number of rotatable bonds is 4. The summed E-state index contributed by atoms with van der Waals surface area (Å²) in [5.41, 5.74) is 2.93. The molecule has 0 atom stereocenters. The first kappa shape index (κ1) is 15.5. The fourth-order valence-corrected chi connectivity index (χ4v) is 2.18. The highest BCUT2D eigenvalue weighted by Crippen LogP contribution is 2.22. The molecule has 1 aromatic heterocycles. The van der Waals surface area contributed by atoms with Gasteiger partial charge in [0.1, 0.15) is 0 Å². The average Bonchev–Trinajstić information content (AvgIpc) is 2.86. The SMILES string of the molecule is CC(C)n1ccc(CC(=O)c2ccc(C(C)(C)C)cc2)n1. The molecule has 0 radical (unpaired) electrons. The van der Waals surface area contributed by atoms with Crippen molar-refractivity contribution in [1.29, 1.82) is 0 Å². The third-order valence-corrected chi connectivity index (χ3v) is 3.61. The number of hydrogen-bond donors (Lipinski definition) is 0. The van der Waals surface area contributed by atoms with Crippen molar-refractivity contribution in [3.8, 4) is 0 Å². The van der Waals surface area contributed by atoms with Gasteiger partial charge >= 0.3 is 0 Å². The predicted molar refractivity (Wildman–Crippen MR) is 85.8 cm³/mol. The van der Waals surface area contributed by atoms with Crippen LogP contribution in [0.15, 0.2) is 36.5 Å². The lowest BCUT2D eigenvalue weighted by Gasteiger charge is -2.18. The van der Waals surface area contributed by atoms with Gasteiger partial charge in [-0.15, -0.1) is 0 Å². The van der Waals surface area contributed by atoms with Gasteiger partial charge in [0.2, 0.25) is 0 Å². The van der Waals surface area contributed by atoms with Crippen LogP contribution in [0.3, 0.4) is 0 Å². The maximum atomic E-state index is 12.3. The van der Waals surface area contributed by atoms with E-state index in [0.717, 1.165) is 11.3 Å². The molecule has 0 aliphatic carbocycles. The fourth-order valence-electron chi connectivity index (χ4n) is 2.18. The Morgan fingerprint density at radius 2 is 1.76 bits per heavy atom. The molecular weight excluding hydrogens is 260 g/mol. The second-order valence-electron chi connectivity index (χ2n) is 6.81. The fraction of sp³-hybridized carbons (Fsp3) is 0.444. The molecular formula is C18H24N2O. The smallest absolute Gasteiger partial charge is 0.168 e. The van der Waals surface area contributed by atoms with Gasteiger partial charge in [0.15, 0.2) is 5.78 Å². The molecule has 0 saturated carbocycles. The quantitative estimate of drug-likeness (QED) is 0.789. The van der Waals surface area contributed by atoms with Crippen LogP contribution < -0.4 is 0 Å². The van der Waals surface area contributed by atoms with Crippen molar-refractivity contribution in [3.05, 3.63) is 53.3 Å². The summed E-state index contributed by atoms with van der Waals surface area (Å²) < 4.78 is 1.88. The van der Waals surface area contributed by atoms with Crippen LogP contribution in [0.5, 0.6) is 0 Å². The second kappa shape index (κ2) is 5.84. The van der Waals surface area contributed by atoms with Crippen molar-refractivity contribution in [3.63, 3.8) is 0 Å². The van der Waals surface area contributed by atoms with Crippen LogP contribution in [0.1, 0.15) is 62.3 Å². The first-order valence-electron chi connectivity index (χ1n) is 7.45. The molecule has 1 heterocycles. The Balaban J connectivity index is 2.09. The third-order valence-electron chi connectivity index (χ3n) is 3.61. The predicted octanol–water partition coefficient (Wildman–Crippen LogP) is 4.19. The summed E-state index contributed by atoms with van der Waals surface area (Å²) in [5.74, 6) is 0.115. The Hall–Kier alpha value is -1.90. The van der Waals surface area contributed by atoms with Gasteiger partial charge in [-0.3, -0.25) is 9.48 Å². The van der Waals surface area contributed by atoms with Gasteiger partial charge in [0.05, 0.1) is 12.1 Å². The monoisotopic (exact) mass is 284 g/mol. The van der Waals surface area contributed by atoms with E-state index in [1.54, 1.807) is 0 Å². The zero-order valence-corrected chi connectivity index (χ0v) is 13.6. The van der Waals surface area contributed by atoms with E-state index in [9.17, 15) is 4.79 Å². The Labute approximate surface area is 127 Å². The topological polar surface area (TPSA) is 34.9 Å². The summed E-state index contributed by atoms with van der Waals surface area (Å²) in [7, 11) is 0. The minimum Gasteiger partial charge on any atom is -0.294 e. The molecule has 0 saturated heterocycles. The minimum atomic E-state index is 0.109. The van der Waals surface area contributed by atoms with Gasteiger partial charge < -0.3 is 0 Å². The van der Waals surface area contributed by atoms with E-state index in [-0.39, 0.29) is 11.2 Å². The molecule has 3 heteroatoms. The van der Waals surface area contributed by atoms with Crippen LogP contribution in [0.4, 0.5) is 0 Å². The number of aromatic nitrogens is 2. The lowest BCUT2D eigenvalue weighted by atomic mass is 9.86. The molecule has 0 bridgehead atoms. The minimum absolute atomic E-state index is 0.109. The highest BCUT2D eigenvalue weighted by Gasteiger charge is 2.15. The molecule has 2 rings (SSSR count). The summed E-state index contributed by atoms with van der Waals surface area (Å²) in [5, 5.41) is 4.43. The third kappa shape index (κ3) is 3.81. The number of hydrogen-bond acceptors (Lipinski definition) is 2. The standard InChI is InChI=1S/C18H24N2O/c1-13(2)20-11-10-16(19-20)12-17(21)14-6-8-15(9-7-14)18(3,4)5/h6-11,13H,12H2,1-5H3. The van der Waals surface area contributed by atoms with Crippen LogP contribution in [-0.4, -0.2) is 15.6 Å². The number of carbonyl (C=O) groups is 1. The Morgan fingerprint density at radius 1 is 1.14 bits per heavy atom. The number of benzene rings is 1. The number of nitrogens with zero attached hydrogens (tertiary/aromatic N) is 2. The van der Waals surface area contributed by atoms with Gasteiger partial charge in [0, 0.05) is 17.8 Å². The number of ketones is 1. The van der Waals surface area contributed by atoms with Gasteiger partial charge in [-0.1, -0.05) is 45.0 Å². The van der Waals surface area contributed by atoms with E-state index in [1.165, 1.54) is 5.56 Å². The van der Waals surface area contributed by atoms with E-state index in [2.05, 4.69) is 39.7 Å². The van der Waals surface area contributed by atoms with Gasteiger partial charge in [-0.2, -0.15) is 5.10 Å². The molecule has 0 unspecified atom stereocenters. The Morgan fingerprint density at radius 3 is 2.24 bits per heavy atom. The molecule has 0 fully saturated rings. The van der Waals surface area contributed by atoms with Crippen LogP contribution in [0, 0.1) is 0 Å². The largest absolute Gasteiger partial charge is 0.294 e. The lowest BCUT2D eigenvalue weighted by molar-refractivity contribution is 0.0991. The maximum Gasteiger partial charge on any atom is 0.168 e. The molecule has 0 aliphatic heterocycles. The first-order chi connectivity index (χ1) is 9.77. The average molecular weight is 284 g/mol. The van der Waals surface area contributed by atoms with E-state index < -0.39 is 0 Å². The number of Topliss-reactive ketones (excluding diaryl/α,β-unsaturated/α-hetero) is 1. The summed E-state index contributed by atoms with van der Waals surface area (Å²) in [4.78, 5) is 12.3. The van der Waals surface area contributed by atoms with Gasteiger partial charge in [0.25, 0.3) is 0 Å². The zero-order valence-electron chi connectivity index (χ0n) is 13.6. The van der Waals surface area contributed by atoms with Gasteiger partial charge in [-0.05, 0) is 30.9 Å². The number of carbonyl (C=O) groups excluding carboxylic acids is 1. The Kier molecular flexibility index (Phi) is 4.31. The molecule has 112 valence electrons. The molecule has 0 N–H and O–H groups in total. The highest BCUT2D eigenvalue weighted by atomic mass is 16.1. The van der Waals surface area contributed by atoms with Crippen molar-refractivity contribution in [2.24, 2.45) is 0 Å². The van der Waals surface area contributed by atoms with Crippen LogP contribution in [0.2, 0.25) is 0 Å². The highest BCUT2D eigenvalue weighted by molar-refractivity contribution is 5.97. The Bertz CT molecular complexity index is 615. The second-order valence-corrected chi connectivity index (χ2v) is 6.81. The van der Waals surface area contributed by atoms with Crippen molar-refractivity contribution in [2.45, 2.75) is 52.5 Å². The van der Waals surface area contributed by atoms with Gasteiger partial charge in [-0.25, -0.2) is 0 Å². The summed E-state index contributed by atoms with van der Waals surface area (Å²) in [6.45, 7) is 10.7. The molecule has 0 aliphatic rings. The van der Waals surface area contributed by atoms with Crippen molar-refractivity contribution >= 4 is 5.78 Å². The van der Waals surface area contributed by atoms with Crippen molar-refractivity contribution < 1.29 is 4.79 Å². The van der Waals surface area contributed by atoms with Crippen molar-refractivity contribution in [1.82, 2.24) is 9.78 Å². The zero-order chi connectivity index (χ0) is 15.6. The van der Waals surface area contributed by atoms with E-state index in [4.69, 9.17) is 0 Å². The summed E-state index contributed by atoms with van der Waals surface area (Å²) in [6.07, 6.45) is 2.28. The summed E-state index contributed by atoms with van der Waals surface area (Å²) in [6, 6.07) is 10.2. The van der Waals surface area contributed by atoms with E-state index in [0.29, 0.717) is 12.5 Å². The van der Waals surface area contributed by atoms with Crippen LogP contribution in [-0.2, 0) is 11.8 Å².